The summed E-state index contributed by atoms with van der Waals surface area (Å²) >= 11 is 0. The number of hydrogen-bond acceptors (Lipinski definition) is 2. The van der Waals surface area contributed by atoms with E-state index in [1.54, 1.807) is 4.80 Å². The van der Waals surface area contributed by atoms with Crippen LogP contribution in [0.5, 0.6) is 0 Å². The Hall–Kier alpha value is -2.49. The number of nitrogens with one attached hydrogen (secondary N) is 1. The van der Waals surface area contributed by atoms with E-state index in [1.807, 2.05) is 30.3 Å². The first-order valence-corrected chi connectivity index (χ1v) is 5.37. The summed E-state index contributed by atoms with van der Waals surface area (Å²) in [5, 5.41) is 10.7. The highest BCUT2D eigenvalue weighted by atomic mass is 15.6. The van der Waals surface area contributed by atoms with E-state index < -0.39 is 0 Å². The van der Waals surface area contributed by atoms with Gasteiger partial charge in [0.1, 0.15) is 0 Å². The molecule has 0 radical (unpaired) electrons. The van der Waals surface area contributed by atoms with Crippen molar-refractivity contribution < 1.29 is 4.80 Å². The van der Waals surface area contributed by atoms with E-state index in [2.05, 4.69) is 39.7 Å². The Labute approximate surface area is 98.5 Å². The van der Waals surface area contributed by atoms with Crippen LogP contribution in [0.15, 0.2) is 60.9 Å². The van der Waals surface area contributed by atoms with Gasteiger partial charge in [0.25, 0.3) is 6.33 Å². The topological polar surface area (TPSA) is 45.5 Å². The zero-order valence-electron chi connectivity index (χ0n) is 9.12. The first-order valence-electron chi connectivity index (χ1n) is 5.37. The van der Waals surface area contributed by atoms with Crippen LogP contribution in [0.4, 0.5) is 0 Å². The average Bonchev–Trinajstić information content (AvgIpc) is 2.94. The second kappa shape index (κ2) is 4.17. The number of aromatic nitrogens is 4. The van der Waals surface area contributed by atoms with Crippen LogP contribution < -0.4 is 4.80 Å². The molecule has 3 rings (SSSR count). The molecule has 0 unspecified atom stereocenters. The fourth-order valence-corrected chi connectivity index (χ4v) is 1.76. The number of tetrazole rings is 1. The lowest BCUT2D eigenvalue weighted by atomic mass is 10.1. The molecule has 82 valence electrons. The van der Waals surface area contributed by atoms with Crippen LogP contribution in [0.2, 0.25) is 0 Å². The van der Waals surface area contributed by atoms with Crippen molar-refractivity contribution in [3.05, 3.63) is 60.9 Å². The smallest absolute Gasteiger partial charge is 0.0622 e. The van der Waals surface area contributed by atoms with E-state index in [1.165, 1.54) is 11.9 Å². The molecule has 0 aliphatic heterocycles. The average molecular weight is 223 g/mol. The Bertz CT molecular complexity index is 602. The Morgan fingerprint density at radius 3 is 2.47 bits per heavy atom. The molecule has 0 atom stereocenters. The lowest BCUT2D eigenvalue weighted by Gasteiger charge is -2.01. The first kappa shape index (κ1) is 9.72. The minimum absolute atomic E-state index is 0.962. The molecule has 0 saturated heterocycles. The van der Waals surface area contributed by atoms with Gasteiger partial charge in [-0.1, -0.05) is 42.5 Å². The SMILES string of the molecule is c1ccc(-c2cccc(-[n+]3ncn[nH]3)c2)cc1. The summed E-state index contributed by atoms with van der Waals surface area (Å²) in [6, 6.07) is 18.4. The Kier molecular flexibility index (Phi) is 2.38. The molecule has 0 bridgehead atoms. The van der Waals surface area contributed by atoms with Crippen molar-refractivity contribution in [3.8, 4) is 16.8 Å². The van der Waals surface area contributed by atoms with Crippen molar-refractivity contribution in [1.82, 2.24) is 15.4 Å². The van der Waals surface area contributed by atoms with E-state index in [0.29, 0.717) is 0 Å². The number of H-pyrrole nitrogens is 1. The molecule has 1 N–H and O–H groups in total. The van der Waals surface area contributed by atoms with Gasteiger partial charge in [0.2, 0.25) is 0 Å². The van der Waals surface area contributed by atoms with E-state index in [0.717, 1.165) is 11.3 Å². The molecule has 0 aliphatic carbocycles. The zero-order chi connectivity index (χ0) is 11.5. The number of benzene rings is 2. The quantitative estimate of drug-likeness (QED) is 0.673. The molecule has 1 aromatic heterocycles. The third-order valence-electron chi connectivity index (χ3n) is 2.58. The summed E-state index contributed by atoms with van der Waals surface area (Å²) in [7, 11) is 0. The third-order valence-corrected chi connectivity index (χ3v) is 2.58. The second-order valence-corrected chi connectivity index (χ2v) is 3.69. The van der Waals surface area contributed by atoms with Gasteiger partial charge in [0, 0.05) is 0 Å². The van der Waals surface area contributed by atoms with Crippen molar-refractivity contribution in [3.63, 3.8) is 0 Å². The molecular weight excluding hydrogens is 212 g/mol. The molecular formula is C13H11N4+. The maximum absolute atomic E-state index is 4.07. The van der Waals surface area contributed by atoms with Crippen LogP contribution in [0.25, 0.3) is 16.8 Å². The second-order valence-electron chi connectivity index (χ2n) is 3.69. The molecule has 1 heterocycles. The van der Waals surface area contributed by atoms with E-state index >= 15 is 0 Å². The molecule has 4 heteroatoms. The summed E-state index contributed by atoms with van der Waals surface area (Å²) in [5.41, 5.74) is 3.31. The van der Waals surface area contributed by atoms with Crippen LogP contribution in [0.3, 0.4) is 0 Å². The lowest BCUT2D eigenvalue weighted by molar-refractivity contribution is -0.716. The standard InChI is InChI=1S/C13H10N4/c1-2-5-11(6-3-1)12-7-4-8-13(9-12)17-15-10-14-16-17/h1-10H/p+1. The number of hydrogen-bond donors (Lipinski definition) is 1. The van der Waals surface area contributed by atoms with Crippen LogP contribution in [-0.2, 0) is 0 Å². The molecule has 2 aromatic carbocycles. The van der Waals surface area contributed by atoms with Crippen LogP contribution in [0.1, 0.15) is 0 Å². The molecule has 17 heavy (non-hydrogen) atoms. The molecule has 0 saturated carbocycles. The fraction of sp³-hybridized carbons (Fsp3) is 0. The van der Waals surface area contributed by atoms with Crippen molar-refractivity contribution >= 4 is 0 Å². The summed E-state index contributed by atoms with van der Waals surface area (Å²) in [6.45, 7) is 0. The van der Waals surface area contributed by atoms with Gasteiger partial charge in [-0.3, -0.25) is 0 Å². The third kappa shape index (κ3) is 1.92. The minimum atomic E-state index is 0.962. The highest BCUT2D eigenvalue weighted by molar-refractivity contribution is 5.64. The molecule has 0 fully saturated rings. The number of aromatic amines is 1. The predicted molar refractivity (Wildman–Crippen MR) is 63.4 cm³/mol. The molecule has 0 amide bonds. The van der Waals surface area contributed by atoms with Crippen molar-refractivity contribution in [2.45, 2.75) is 0 Å². The van der Waals surface area contributed by atoms with Crippen molar-refractivity contribution in [2.75, 3.05) is 0 Å². The monoisotopic (exact) mass is 223 g/mol. The maximum Gasteiger partial charge on any atom is 0.297 e. The summed E-state index contributed by atoms with van der Waals surface area (Å²) in [5.74, 6) is 0. The normalized spacial score (nSPS) is 10.4. The van der Waals surface area contributed by atoms with Gasteiger partial charge in [0.15, 0.2) is 5.69 Å². The van der Waals surface area contributed by atoms with Gasteiger partial charge in [0.05, 0.1) is 5.10 Å². The summed E-state index contributed by atoms with van der Waals surface area (Å²) < 4.78 is 0. The van der Waals surface area contributed by atoms with Gasteiger partial charge in [-0.2, -0.15) is 0 Å². The highest BCUT2D eigenvalue weighted by Crippen LogP contribution is 2.19. The first-order chi connectivity index (χ1) is 8.43. The summed E-state index contributed by atoms with van der Waals surface area (Å²) in [4.78, 5) is 1.63. The Morgan fingerprint density at radius 1 is 0.882 bits per heavy atom. The van der Waals surface area contributed by atoms with E-state index in [9.17, 15) is 0 Å². The van der Waals surface area contributed by atoms with Crippen molar-refractivity contribution in [2.24, 2.45) is 0 Å². The van der Waals surface area contributed by atoms with Gasteiger partial charge < -0.3 is 0 Å². The molecule has 0 spiro atoms. The van der Waals surface area contributed by atoms with Gasteiger partial charge >= 0.3 is 0 Å². The number of nitrogens with zero attached hydrogens (tertiary/aromatic N) is 3. The highest BCUT2D eigenvalue weighted by Gasteiger charge is 2.06. The minimum Gasteiger partial charge on any atom is -0.0622 e. The fourth-order valence-electron chi connectivity index (χ4n) is 1.76. The van der Waals surface area contributed by atoms with Gasteiger partial charge in [-0.25, -0.2) is 0 Å². The molecule has 4 nitrogen and oxygen atoms in total. The lowest BCUT2D eigenvalue weighted by Crippen LogP contribution is -2.35. The number of rotatable bonds is 2. The van der Waals surface area contributed by atoms with Crippen LogP contribution in [-0.4, -0.2) is 15.4 Å². The van der Waals surface area contributed by atoms with E-state index in [4.69, 9.17) is 0 Å². The van der Waals surface area contributed by atoms with Crippen molar-refractivity contribution in [1.29, 1.82) is 0 Å². The Morgan fingerprint density at radius 2 is 1.71 bits per heavy atom. The van der Waals surface area contributed by atoms with Gasteiger partial charge in [-0.05, 0) is 38.4 Å². The van der Waals surface area contributed by atoms with Crippen LogP contribution in [0, 0.1) is 0 Å². The van der Waals surface area contributed by atoms with Gasteiger partial charge in [-0.15, -0.1) is 0 Å². The molecule has 3 aromatic rings. The molecule has 0 aliphatic rings. The van der Waals surface area contributed by atoms with Crippen LogP contribution >= 0.6 is 0 Å². The largest absolute Gasteiger partial charge is 0.297 e. The zero-order valence-corrected chi connectivity index (χ0v) is 9.12. The Balaban J connectivity index is 2.06. The van der Waals surface area contributed by atoms with E-state index in [-0.39, 0.29) is 0 Å². The predicted octanol–water partition coefficient (Wildman–Crippen LogP) is 1.75. The maximum atomic E-state index is 4.07. The summed E-state index contributed by atoms with van der Waals surface area (Å²) in [6.07, 6.45) is 1.48.